The first-order valence-corrected chi connectivity index (χ1v) is 12.6. The third kappa shape index (κ3) is 5.84. The van der Waals surface area contributed by atoms with E-state index in [4.69, 9.17) is 9.84 Å². The molecule has 186 valence electrons. The molecule has 2 aromatic rings. The Hall–Kier alpha value is -3.35. The summed E-state index contributed by atoms with van der Waals surface area (Å²) >= 11 is 0. The molecule has 3 N–H and O–H groups in total. The van der Waals surface area contributed by atoms with Crippen LogP contribution in [0.2, 0.25) is 0 Å². The van der Waals surface area contributed by atoms with Gasteiger partial charge in [-0.2, -0.15) is 0 Å². The van der Waals surface area contributed by atoms with Gasteiger partial charge in [0.15, 0.2) is 0 Å². The van der Waals surface area contributed by atoms with Crippen LogP contribution < -0.4 is 10.6 Å². The largest absolute Gasteiger partial charge is 0.481 e. The number of aliphatic carboxylic acids is 1. The summed E-state index contributed by atoms with van der Waals surface area (Å²) in [5.41, 5.74) is 4.64. The number of hydrogen-bond donors (Lipinski definition) is 3. The number of carboxylic acids is 1. The van der Waals surface area contributed by atoms with Crippen molar-refractivity contribution in [2.45, 2.75) is 69.9 Å². The van der Waals surface area contributed by atoms with E-state index < -0.39 is 24.0 Å². The van der Waals surface area contributed by atoms with Crippen LogP contribution in [0.5, 0.6) is 0 Å². The number of carbonyl (C=O) groups excluding carboxylic acids is 2. The third-order valence-electron chi connectivity index (χ3n) is 7.26. The van der Waals surface area contributed by atoms with Crippen LogP contribution in [-0.2, 0) is 14.3 Å². The van der Waals surface area contributed by atoms with Crippen LogP contribution in [0.3, 0.4) is 0 Å². The van der Waals surface area contributed by atoms with Gasteiger partial charge in [0, 0.05) is 18.0 Å². The lowest BCUT2D eigenvalue weighted by atomic mass is 9.93. The Bertz CT molecular complexity index is 1020. The molecule has 0 spiro atoms. The molecular formula is C28H34N2O5. The van der Waals surface area contributed by atoms with Crippen molar-refractivity contribution in [2.24, 2.45) is 5.92 Å². The molecule has 2 amide bonds. The van der Waals surface area contributed by atoms with Crippen LogP contribution in [0, 0.1) is 5.92 Å². The van der Waals surface area contributed by atoms with E-state index in [2.05, 4.69) is 34.9 Å². The molecule has 2 aliphatic rings. The topological polar surface area (TPSA) is 105 Å². The molecule has 1 saturated carbocycles. The average Bonchev–Trinajstić information content (AvgIpc) is 2.98. The Kier molecular flexibility index (Phi) is 8.06. The lowest BCUT2D eigenvalue weighted by Gasteiger charge is -2.27. The molecule has 7 nitrogen and oxygen atoms in total. The van der Waals surface area contributed by atoms with Gasteiger partial charge in [0.2, 0.25) is 5.91 Å². The van der Waals surface area contributed by atoms with E-state index in [1.54, 1.807) is 0 Å². The zero-order valence-corrected chi connectivity index (χ0v) is 20.2. The standard InChI is InChI=1S/C28H34N2O5/c1-2-18(16-26(31)32)29-27(33)23-14-4-3-5-15-25(23)30-28(34)35-17-24-21-12-8-6-10-19(21)20-11-7-9-13-22(20)24/h6-13,18,23-25H,2-5,14-17H2,1H3,(H,29,33)(H,30,34)(H,31,32)/t18-,23?,25?/m0/s1. The number of hydrogen-bond acceptors (Lipinski definition) is 4. The monoisotopic (exact) mass is 478 g/mol. The molecular weight excluding hydrogens is 444 g/mol. The van der Waals surface area contributed by atoms with E-state index in [0.29, 0.717) is 19.3 Å². The molecule has 3 atom stereocenters. The predicted molar refractivity (Wildman–Crippen MR) is 133 cm³/mol. The van der Waals surface area contributed by atoms with E-state index in [1.807, 2.05) is 31.2 Å². The van der Waals surface area contributed by atoms with Gasteiger partial charge >= 0.3 is 12.1 Å². The lowest BCUT2D eigenvalue weighted by Crippen LogP contribution is -2.49. The Balaban J connectivity index is 1.40. The van der Waals surface area contributed by atoms with Crippen molar-refractivity contribution >= 4 is 18.0 Å². The number of amides is 2. The summed E-state index contributed by atoms with van der Waals surface area (Å²) in [4.78, 5) is 37.0. The van der Waals surface area contributed by atoms with Crippen LogP contribution in [0.25, 0.3) is 11.1 Å². The fourth-order valence-electron chi connectivity index (χ4n) is 5.40. The van der Waals surface area contributed by atoms with Crippen LogP contribution in [-0.4, -0.2) is 41.8 Å². The molecule has 2 aliphatic carbocycles. The summed E-state index contributed by atoms with van der Waals surface area (Å²) in [5, 5.41) is 14.9. The molecule has 0 aliphatic heterocycles. The highest BCUT2D eigenvalue weighted by Gasteiger charge is 2.33. The van der Waals surface area contributed by atoms with Crippen molar-refractivity contribution < 1.29 is 24.2 Å². The summed E-state index contributed by atoms with van der Waals surface area (Å²) in [7, 11) is 0. The van der Waals surface area contributed by atoms with E-state index in [-0.39, 0.29) is 30.9 Å². The smallest absolute Gasteiger partial charge is 0.407 e. The maximum atomic E-state index is 13.0. The van der Waals surface area contributed by atoms with Gasteiger partial charge in [0.1, 0.15) is 6.61 Å². The number of fused-ring (bicyclic) bond motifs is 3. The van der Waals surface area contributed by atoms with Crippen molar-refractivity contribution in [3.05, 3.63) is 59.7 Å². The Morgan fingerprint density at radius 3 is 2.23 bits per heavy atom. The molecule has 2 aromatic carbocycles. The second kappa shape index (κ2) is 11.4. The van der Waals surface area contributed by atoms with Crippen LogP contribution in [0.1, 0.15) is 68.9 Å². The minimum absolute atomic E-state index is 0.0253. The van der Waals surface area contributed by atoms with Crippen LogP contribution in [0.15, 0.2) is 48.5 Å². The van der Waals surface area contributed by atoms with Crippen LogP contribution >= 0.6 is 0 Å². The minimum Gasteiger partial charge on any atom is -0.481 e. The normalized spacial score (nSPS) is 20.1. The Morgan fingerprint density at radius 1 is 0.971 bits per heavy atom. The summed E-state index contributed by atoms with van der Waals surface area (Å²) in [6.45, 7) is 2.08. The zero-order chi connectivity index (χ0) is 24.8. The number of nitrogens with one attached hydrogen (secondary N) is 2. The Labute approximate surface area is 206 Å². The van der Waals surface area contributed by atoms with E-state index in [0.717, 1.165) is 30.4 Å². The third-order valence-corrected chi connectivity index (χ3v) is 7.26. The second-order valence-electron chi connectivity index (χ2n) is 9.53. The number of rotatable bonds is 8. The average molecular weight is 479 g/mol. The van der Waals surface area contributed by atoms with Crippen molar-refractivity contribution in [1.82, 2.24) is 10.6 Å². The first-order chi connectivity index (χ1) is 17.0. The zero-order valence-electron chi connectivity index (χ0n) is 20.2. The molecule has 0 saturated heterocycles. The van der Waals surface area contributed by atoms with E-state index in [9.17, 15) is 14.4 Å². The quantitative estimate of drug-likeness (QED) is 0.471. The summed E-state index contributed by atoms with van der Waals surface area (Å²) in [6, 6.07) is 15.6. The fraction of sp³-hybridized carbons (Fsp3) is 0.464. The molecule has 35 heavy (non-hydrogen) atoms. The van der Waals surface area contributed by atoms with Gasteiger partial charge in [-0.1, -0.05) is 74.7 Å². The number of carboxylic acid groups (broad SMARTS) is 1. The van der Waals surface area contributed by atoms with Crippen molar-refractivity contribution in [3.63, 3.8) is 0 Å². The molecule has 7 heteroatoms. The first-order valence-electron chi connectivity index (χ1n) is 12.6. The highest BCUT2D eigenvalue weighted by molar-refractivity contribution is 5.82. The van der Waals surface area contributed by atoms with Gasteiger partial charge < -0.3 is 20.5 Å². The SMILES string of the molecule is CC[C@@H](CC(=O)O)NC(=O)C1CCCCCC1NC(=O)OCC1c2ccccc2-c2ccccc21. The van der Waals surface area contributed by atoms with Gasteiger partial charge in [-0.3, -0.25) is 9.59 Å². The van der Waals surface area contributed by atoms with Gasteiger partial charge in [-0.25, -0.2) is 4.79 Å². The molecule has 4 rings (SSSR count). The predicted octanol–water partition coefficient (Wildman–Crippen LogP) is 4.84. The maximum absolute atomic E-state index is 13.0. The number of ether oxygens (including phenoxy) is 1. The lowest BCUT2D eigenvalue weighted by molar-refractivity contribution is -0.137. The summed E-state index contributed by atoms with van der Waals surface area (Å²) in [6.07, 6.45) is 4.07. The number of alkyl carbamates (subject to hydrolysis) is 1. The van der Waals surface area contributed by atoms with Gasteiger partial charge in [0.05, 0.1) is 12.3 Å². The summed E-state index contributed by atoms with van der Waals surface area (Å²) < 4.78 is 5.71. The van der Waals surface area contributed by atoms with Crippen LogP contribution in [0.4, 0.5) is 4.79 Å². The number of benzene rings is 2. The van der Waals surface area contributed by atoms with E-state index in [1.165, 1.54) is 11.1 Å². The minimum atomic E-state index is -0.939. The number of carbonyl (C=O) groups is 3. The van der Waals surface area contributed by atoms with Gasteiger partial charge in [-0.15, -0.1) is 0 Å². The molecule has 1 fully saturated rings. The highest BCUT2D eigenvalue weighted by atomic mass is 16.5. The summed E-state index contributed by atoms with van der Waals surface area (Å²) in [5.74, 6) is -1.56. The second-order valence-corrected chi connectivity index (χ2v) is 9.53. The van der Waals surface area contributed by atoms with Gasteiger partial charge in [-0.05, 0) is 41.5 Å². The Morgan fingerprint density at radius 2 is 1.60 bits per heavy atom. The molecule has 0 bridgehead atoms. The van der Waals surface area contributed by atoms with Gasteiger partial charge in [0.25, 0.3) is 0 Å². The highest BCUT2D eigenvalue weighted by Crippen LogP contribution is 2.44. The molecule has 2 unspecified atom stereocenters. The fourth-order valence-corrected chi connectivity index (χ4v) is 5.40. The maximum Gasteiger partial charge on any atom is 0.407 e. The first kappa shape index (κ1) is 24.8. The molecule has 0 radical (unpaired) electrons. The molecule has 0 heterocycles. The molecule has 0 aromatic heterocycles. The van der Waals surface area contributed by atoms with Crippen molar-refractivity contribution in [1.29, 1.82) is 0 Å². The van der Waals surface area contributed by atoms with E-state index >= 15 is 0 Å². The van der Waals surface area contributed by atoms with Crippen molar-refractivity contribution in [3.8, 4) is 11.1 Å². The van der Waals surface area contributed by atoms with Crippen molar-refractivity contribution in [2.75, 3.05) is 6.61 Å².